The molecule has 1 aliphatic rings. The molecule has 0 aliphatic carbocycles. The predicted molar refractivity (Wildman–Crippen MR) is 129 cm³/mol. The van der Waals surface area contributed by atoms with Crippen LogP contribution < -0.4 is 9.46 Å². The Labute approximate surface area is 203 Å². The van der Waals surface area contributed by atoms with Gasteiger partial charge in [-0.15, -0.1) is 10.2 Å². The molecule has 0 unspecified atom stereocenters. The third-order valence-electron chi connectivity index (χ3n) is 6.02. The molecule has 1 aromatic carbocycles. The number of aromatic hydroxyl groups is 1. The van der Waals surface area contributed by atoms with Crippen LogP contribution in [0.5, 0.6) is 11.5 Å². The molecular weight excluding hydrogens is 472 g/mol. The number of hydrogen-bond acceptors (Lipinski definition) is 9. The van der Waals surface area contributed by atoms with Crippen LogP contribution in [0, 0.1) is 6.92 Å². The van der Waals surface area contributed by atoms with Gasteiger partial charge in [0.15, 0.2) is 0 Å². The Morgan fingerprint density at radius 1 is 1.23 bits per heavy atom. The maximum atomic E-state index is 13.4. The van der Waals surface area contributed by atoms with Crippen LogP contribution in [0.1, 0.15) is 42.9 Å². The highest BCUT2D eigenvalue weighted by Crippen LogP contribution is 2.37. The Morgan fingerprint density at radius 2 is 2.03 bits per heavy atom. The summed E-state index contributed by atoms with van der Waals surface area (Å²) < 4.78 is 41.8. The molecule has 0 saturated heterocycles. The van der Waals surface area contributed by atoms with Crippen molar-refractivity contribution < 1.29 is 23.0 Å². The summed E-state index contributed by atoms with van der Waals surface area (Å²) in [4.78, 5) is 8.55. The van der Waals surface area contributed by atoms with E-state index in [2.05, 4.69) is 24.9 Å². The van der Waals surface area contributed by atoms with Gasteiger partial charge in [-0.2, -0.15) is 0 Å². The Morgan fingerprint density at radius 3 is 2.69 bits per heavy atom. The van der Waals surface area contributed by atoms with E-state index in [-0.39, 0.29) is 23.3 Å². The molecule has 0 saturated carbocycles. The van der Waals surface area contributed by atoms with E-state index in [0.717, 1.165) is 5.69 Å². The lowest BCUT2D eigenvalue weighted by molar-refractivity contribution is 0.143. The molecule has 1 aliphatic heterocycles. The second-order valence-electron chi connectivity index (χ2n) is 8.34. The molecule has 0 fully saturated rings. The number of hydrogen-bond donors (Lipinski definition) is 2. The molecule has 11 nitrogen and oxygen atoms in total. The predicted octanol–water partition coefficient (Wildman–Crippen LogP) is 2.68. The normalized spacial score (nSPS) is 17.7. The van der Waals surface area contributed by atoms with Gasteiger partial charge in [0.25, 0.3) is 0 Å². The van der Waals surface area contributed by atoms with Crippen LogP contribution in [0.2, 0.25) is 0 Å². The van der Waals surface area contributed by atoms with Crippen molar-refractivity contribution in [1.29, 1.82) is 0 Å². The summed E-state index contributed by atoms with van der Waals surface area (Å²) in [5.74, 6) is -0.244. The SMILES string of the molecule is COc1cccc(O)c1-n1c(NS(=O)(=O)[C@@H](C)[C@H](C)c2cnc(C)cn2)nnc1[C@H]1C=CCOC1. The molecule has 35 heavy (non-hydrogen) atoms. The monoisotopic (exact) mass is 500 g/mol. The van der Waals surface area contributed by atoms with Crippen LogP contribution in [0.3, 0.4) is 0 Å². The summed E-state index contributed by atoms with van der Waals surface area (Å²) in [5.41, 5.74) is 1.52. The van der Waals surface area contributed by atoms with Crippen LogP contribution in [0.4, 0.5) is 5.95 Å². The molecule has 3 atom stereocenters. The first-order valence-corrected chi connectivity index (χ1v) is 12.6. The fourth-order valence-electron chi connectivity index (χ4n) is 3.79. The maximum absolute atomic E-state index is 13.4. The van der Waals surface area contributed by atoms with Gasteiger partial charge in [-0.3, -0.25) is 19.3 Å². The van der Waals surface area contributed by atoms with Crippen molar-refractivity contribution in [1.82, 2.24) is 24.7 Å². The number of nitrogens with zero attached hydrogens (tertiary/aromatic N) is 5. The second-order valence-corrected chi connectivity index (χ2v) is 10.4. The highest BCUT2D eigenvalue weighted by Gasteiger charge is 2.32. The fourth-order valence-corrected chi connectivity index (χ4v) is 5.04. The lowest BCUT2D eigenvalue weighted by Gasteiger charge is -2.22. The van der Waals surface area contributed by atoms with Crippen LogP contribution >= 0.6 is 0 Å². The van der Waals surface area contributed by atoms with Crippen molar-refractivity contribution in [3.8, 4) is 17.2 Å². The highest BCUT2D eigenvalue weighted by molar-refractivity contribution is 7.93. The smallest absolute Gasteiger partial charge is 0.243 e. The van der Waals surface area contributed by atoms with Gasteiger partial charge in [-0.05, 0) is 26.0 Å². The zero-order chi connectivity index (χ0) is 25.2. The average Bonchev–Trinajstić information content (AvgIpc) is 3.26. The number of ether oxygens (including phenoxy) is 2. The first-order chi connectivity index (χ1) is 16.7. The summed E-state index contributed by atoms with van der Waals surface area (Å²) in [6.07, 6.45) is 6.95. The zero-order valence-corrected chi connectivity index (χ0v) is 20.7. The summed E-state index contributed by atoms with van der Waals surface area (Å²) in [7, 11) is -2.50. The molecule has 3 aromatic rings. The Balaban J connectivity index is 1.76. The van der Waals surface area contributed by atoms with Gasteiger partial charge in [0.2, 0.25) is 16.0 Å². The number of sulfonamides is 1. The summed E-state index contributed by atoms with van der Waals surface area (Å²) in [6.45, 7) is 5.98. The Bertz CT molecular complexity index is 1320. The molecule has 0 bridgehead atoms. The van der Waals surface area contributed by atoms with Crippen molar-refractivity contribution in [2.45, 2.75) is 37.9 Å². The summed E-state index contributed by atoms with van der Waals surface area (Å²) >= 11 is 0. The van der Waals surface area contributed by atoms with Gasteiger partial charge in [-0.25, -0.2) is 8.42 Å². The van der Waals surface area contributed by atoms with Gasteiger partial charge in [0.1, 0.15) is 23.0 Å². The Kier molecular flexibility index (Phi) is 7.03. The van der Waals surface area contributed by atoms with E-state index >= 15 is 0 Å². The molecule has 3 heterocycles. The van der Waals surface area contributed by atoms with Crippen molar-refractivity contribution >= 4 is 16.0 Å². The fraction of sp³-hybridized carbons (Fsp3) is 0.391. The zero-order valence-electron chi connectivity index (χ0n) is 19.9. The number of phenolic OH excluding ortho intramolecular Hbond substituents is 1. The molecule has 2 aromatic heterocycles. The largest absolute Gasteiger partial charge is 0.506 e. The van der Waals surface area contributed by atoms with E-state index in [1.54, 1.807) is 38.4 Å². The van der Waals surface area contributed by atoms with Crippen molar-refractivity contribution in [2.24, 2.45) is 0 Å². The number of benzene rings is 1. The van der Waals surface area contributed by atoms with Gasteiger partial charge in [0, 0.05) is 18.3 Å². The number of methoxy groups -OCH3 is 1. The number of anilines is 1. The van der Waals surface area contributed by atoms with E-state index in [4.69, 9.17) is 9.47 Å². The maximum Gasteiger partial charge on any atom is 0.243 e. The number of para-hydroxylation sites is 1. The molecular formula is C23H28N6O5S. The van der Waals surface area contributed by atoms with E-state index in [1.165, 1.54) is 17.7 Å². The molecule has 0 radical (unpaired) electrons. The number of aryl methyl sites for hydroxylation is 1. The quantitative estimate of drug-likeness (QED) is 0.446. The van der Waals surface area contributed by atoms with E-state index < -0.39 is 21.2 Å². The lowest BCUT2D eigenvalue weighted by atomic mass is 10.1. The third-order valence-corrected chi connectivity index (χ3v) is 7.87. The average molecular weight is 501 g/mol. The second kappa shape index (κ2) is 10.0. The van der Waals surface area contributed by atoms with Crippen LogP contribution in [0.15, 0.2) is 42.7 Å². The van der Waals surface area contributed by atoms with Gasteiger partial charge >= 0.3 is 0 Å². The number of aromatic nitrogens is 5. The number of rotatable bonds is 8. The van der Waals surface area contributed by atoms with Gasteiger partial charge in [0.05, 0.1) is 42.9 Å². The minimum atomic E-state index is -3.96. The first-order valence-electron chi connectivity index (χ1n) is 11.1. The standard InChI is InChI=1S/C23H28N6O5S/c1-14-11-25-18(12-24-14)15(2)16(3)35(31,32)28-23-27-26-22(17-7-6-10-34-13-17)29(23)21-19(30)8-5-9-20(21)33-4/h5-9,11-12,15-17,30H,10,13H2,1-4H3,(H,27,28)/t15-,16-,17-/m0/s1. The molecule has 4 rings (SSSR count). The minimum absolute atomic E-state index is 0.0761. The van der Waals surface area contributed by atoms with Crippen molar-refractivity contribution in [3.05, 3.63) is 60.0 Å². The molecule has 12 heteroatoms. The van der Waals surface area contributed by atoms with Gasteiger partial charge < -0.3 is 14.6 Å². The Hall–Kier alpha value is -3.51. The van der Waals surface area contributed by atoms with Crippen LogP contribution in [-0.4, -0.2) is 63.8 Å². The topological polar surface area (TPSA) is 141 Å². The number of phenols is 1. The molecule has 0 amide bonds. The summed E-state index contributed by atoms with van der Waals surface area (Å²) in [5, 5.41) is 18.2. The van der Waals surface area contributed by atoms with Gasteiger partial charge in [-0.1, -0.05) is 25.1 Å². The van der Waals surface area contributed by atoms with E-state index in [9.17, 15) is 13.5 Å². The molecule has 2 N–H and O–H groups in total. The number of nitrogens with one attached hydrogen (secondary N) is 1. The molecule has 0 spiro atoms. The summed E-state index contributed by atoms with van der Waals surface area (Å²) in [6, 6.07) is 4.76. The lowest BCUT2D eigenvalue weighted by Crippen LogP contribution is -2.31. The third kappa shape index (κ3) is 4.98. The van der Waals surface area contributed by atoms with E-state index in [1.807, 2.05) is 19.1 Å². The van der Waals surface area contributed by atoms with Crippen molar-refractivity contribution in [2.75, 3.05) is 25.0 Å². The first kappa shape index (κ1) is 24.6. The van der Waals surface area contributed by atoms with Crippen LogP contribution in [0.25, 0.3) is 5.69 Å². The minimum Gasteiger partial charge on any atom is -0.506 e. The van der Waals surface area contributed by atoms with Crippen molar-refractivity contribution in [3.63, 3.8) is 0 Å². The molecule has 186 valence electrons. The van der Waals surface area contributed by atoms with Crippen LogP contribution in [-0.2, 0) is 14.8 Å². The van der Waals surface area contributed by atoms with E-state index in [0.29, 0.717) is 30.5 Å². The highest BCUT2D eigenvalue weighted by atomic mass is 32.2.